The van der Waals surface area contributed by atoms with Crippen molar-refractivity contribution in [3.8, 4) is 0 Å². The number of nitrogens with zero attached hydrogens (tertiary/aromatic N) is 3. The molecule has 3 rings (SSSR count). The molecule has 3 aromatic rings. The van der Waals surface area contributed by atoms with Crippen LogP contribution in [0.5, 0.6) is 0 Å². The zero-order valence-electron chi connectivity index (χ0n) is 16.1. The van der Waals surface area contributed by atoms with E-state index in [0.717, 1.165) is 47.4 Å². The molecule has 0 aliphatic carbocycles. The number of ether oxygens (including phenoxy) is 1. The number of anilines is 1. The molecule has 0 N–H and O–H groups in total. The highest BCUT2D eigenvalue weighted by molar-refractivity contribution is 5.95. The van der Waals surface area contributed by atoms with Crippen molar-refractivity contribution in [3.05, 3.63) is 65.6 Å². The van der Waals surface area contributed by atoms with Crippen molar-refractivity contribution >= 4 is 22.6 Å². The van der Waals surface area contributed by atoms with Gasteiger partial charge < -0.3 is 9.64 Å². The molecule has 1 aromatic carbocycles. The quantitative estimate of drug-likeness (QED) is 0.599. The van der Waals surface area contributed by atoms with Gasteiger partial charge in [-0.25, -0.2) is 0 Å². The van der Waals surface area contributed by atoms with Crippen LogP contribution in [0.3, 0.4) is 0 Å². The Morgan fingerprint density at radius 3 is 2.59 bits per heavy atom. The largest absolute Gasteiger partial charge is 0.469 e. The minimum atomic E-state index is -0.249. The summed E-state index contributed by atoms with van der Waals surface area (Å²) in [5.41, 5.74) is 5.09. The summed E-state index contributed by atoms with van der Waals surface area (Å²) < 4.78 is 4.93. The van der Waals surface area contributed by atoms with Gasteiger partial charge in [0, 0.05) is 42.1 Å². The molecule has 140 valence electrons. The van der Waals surface area contributed by atoms with E-state index in [0.29, 0.717) is 0 Å². The molecule has 2 aromatic heterocycles. The number of rotatable bonds is 7. The molecule has 0 bridgehead atoms. The maximum Gasteiger partial charge on any atom is 0.310 e. The first-order valence-corrected chi connectivity index (χ1v) is 9.23. The van der Waals surface area contributed by atoms with Crippen LogP contribution in [0, 0.1) is 6.92 Å². The van der Waals surface area contributed by atoms with Crippen molar-refractivity contribution in [3.63, 3.8) is 0 Å². The van der Waals surface area contributed by atoms with Crippen LogP contribution in [0.2, 0.25) is 0 Å². The Labute approximate surface area is 160 Å². The van der Waals surface area contributed by atoms with E-state index in [-0.39, 0.29) is 12.4 Å². The summed E-state index contributed by atoms with van der Waals surface area (Å²) in [6.45, 7) is 5.79. The number of para-hydroxylation sites is 1. The average molecular weight is 363 g/mol. The number of methoxy groups -OCH3 is 1. The van der Waals surface area contributed by atoms with E-state index < -0.39 is 0 Å². The van der Waals surface area contributed by atoms with E-state index in [4.69, 9.17) is 9.72 Å². The van der Waals surface area contributed by atoms with Gasteiger partial charge in [-0.1, -0.05) is 18.2 Å². The van der Waals surface area contributed by atoms with Gasteiger partial charge in [0.2, 0.25) is 0 Å². The number of carbonyl (C=O) groups excluding carboxylic acids is 1. The zero-order valence-corrected chi connectivity index (χ0v) is 16.1. The number of pyridine rings is 2. The predicted octanol–water partition coefficient (Wildman–Crippen LogP) is 3.72. The standard InChI is InChI=1S/C22H25N3O2/c1-4-25(14-11-17-9-12-23-13-10-17)22-18-7-5-6-8-20(18)24-16(2)19(22)15-21(26)27-3/h5-10,12-13H,4,11,14-15H2,1-3H3. The second-order valence-electron chi connectivity index (χ2n) is 6.48. The topological polar surface area (TPSA) is 55.3 Å². The van der Waals surface area contributed by atoms with Crippen LogP contribution in [0.15, 0.2) is 48.8 Å². The molecule has 0 radical (unpaired) electrons. The van der Waals surface area contributed by atoms with Gasteiger partial charge in [-0.3, -0.25) is 14.8 Å². The highest BCUT2D eigenvalue weighted by atomic mass is 16.5. The second kappa shape index (κ2) is 8.62. The smallest absolute Gasteiger partial charge is 0.310 e. The van der Waals surface area contributed by atoms with E-state index in [9.17, 15) is 4.79 Å². The Morgan fingerprint density at radius 1 is 1.15 bits per heavy atom. The summed E-state index contributed by atoms with van der Waals surface area (Å²) in [4.78, 5) is 23.2. The van der Waals surface area contributed by atoms with Crippen LogP contribution in [-0.4, -0.2) is 36.1 Å². The van der Waals surface area contributed by atoms with E-state index >= 15 is 0 Å². The highest BCUT2D eigenvalue weighted by Gasteiger charge is 2.20. The fourth-order valence-electron chi connectivity index (χ4n) is 3.38. The first-order valence-electron chi connectivity index (χ1n) is 9.23. The van der Waals surface area contributed by atoms with E-state index in [2.05, 4.69) is 22.9 Å². The number of fused-ring (bicyclic) bond motifs is 1. The van der Waals surface area contributed by atoms with Crippen molar-refractivity contribution < 1.29 is 9.53 Å². The van der Waals surface area contributed by atoms with Gasteiger partial charge in [0.25, 0.3) is 0 Å². The number of aromatic nitrogens is 2. The van der Waals surface area contributed by atoms with E-state index in [1.165, 1.54) is 12.7 Å². The predicted molar refractivity (Wildman–Crippen MR) is 108 cm³/mol. The van der Waals surface area contributed by atoms with Crippen LogP contribution in [-0.2, 0) is 22.4 Å². The van der Waals surface area contributed by atoms with Crippen LogP contribution in [0.25, 0.3) is 10.9 Å². The zero-order chi connectivity index (χ0) is 19.2. The Bertz CT molecular complexity index is 925. The van der Waals surface area contributed by atoms with Crippen LogP contribution in [0.4, 0.5) is 5.69 Å². The lowest BCUT2D eigenvalue weighted by Gasteiger charge is -2.28. The Kier molecular flexibility index (Phi) is 6.01. The fraction of sp³-hybridized carbons (Fsp3) is 0.318. The van der Waals surface area contributed by atoms with Crippen LogP contribution >= 0.6 is 0 Å². The summed E-state index contributed by atoms with van der Waals surface area (Å²) >= 11 is 0. The molecule has 0 amide bonds. The van der Waals surface area contributed by atoms with Gasteiger partial charge in [-0.05, 0) is 44.0 Å². The van der Waals surface area contributed by atoms with Gasteiger partial charge in [-0.15, -0.1) is 0 Å². The Balaban J connectivity index is 2.04. The summed E-state index contributed by atoms with van der Waals surface area (Å²) in [6.07, 6.45) is 4.77. The van der Waals surface area contributed by atoms with Crippen LogP contribution < -0.4 is 4.90 Å². The third-order valence-corrected chi connectivity index (χ3v) is 4.84. The number of benzene rings is 1. The van der Waals surface area contributed by atoms with E-state index in [1.807, 2.05) is 49.6 Å². The molecular weight excluding hydrogens is 338 g/mol. The fourth-order valence-corrected chi connectivity index (χ4v) is 3.38. The van der Waals surface area contributed by atoms with Gasteiger partial charge >= 0.3 is 5.97 Å². The summed E-state index contributed by atoms with van der Waals surface area (Å²) in [5, 5.41) is 1.07. The number of hydrogen-bond acceptors (Lipinski definition) is 5. The number of esters is 1. The summed E-state index contributed by atoms with van der Waals surface area (Å²) in [5.74, 6) is -0.249. The minimum absolute atomic E-state index is 0.223. The monoisotopic (exact) mass is 363 g/mol. The second-order valence-corrected chi connectivity index (χ2v) is 6.48. The van der Waals surface area contributed by atoms with Crippen molar-refractivity contribution in [1.82, 2.24) is 9.97 Å². The number of hydrogen-bond donors (Lipinski definition) is 0. The molecule has 5 heteroatoms. The van der Waals surface area contributed by atoms with E-state index in [1.54, 1.807) is 0 Å². The van der Waals surface area contributed by atoms with Gasteiger partial charge in [0.05, 0.1) is 24.7 Å². The van der Waals surface area contributed by atoms with Crippen molar-refractivity contribution in [2.75, 3.05) is 25.1 Å². The normalized spacial score (nSPS) is 10.8. The molecule has 0 spiro atoms. The third kappa shape index (κ3) is 4.25. The first kappa shape index (κ1) is 18.8. The molecule has 2 heterocycles. The lowest BCUT2D eigenvalue weighted by molar-refractivity contribution is -0.139. The minimum Gasteiger partial charge on any atom is -0.469 e. The number of likely N-dealkylation sites (N-methyl/N-ethyl adjacent to an activating group) is 1. The van der Waals surface area contributed by atoms with Crippen LogP contribution in [0.1, 0.15) is 23.7 Å². The van der Waals surface area contributed by atoms with Crippen molar-refractivity contribution in [1.29, 1.82) is 0 Å². The third-order valence-electron chi connectivity index (χ3n) is 4.84. The molecular formula is C22H25N3O2. The SMILES string of the molecule is CCN(CCc1ccncc1)c1c(CC(=O)OC)c(C)nc2ccccc12. The van der Waals surface area contributed by atoms with Gasteiger partial charge in [0.15, 0.2) is 0 Å². The van der Waals surface area contributed by atoms with Gasteiger partial charge in [0.1, 0.15) is 0 Å². The molecule has 27 heavy (non-hydrogen) atoms. The molecule has 0 aliphatic heterocycles. The number of carbonyl (C=O) groups is 1. The lowest BCUT2D eigenvalue weighted by Crippen LogP contribution is -2.28. The number of aryl methyl sites for hydroxylation is 1. The molecule has 0 fully saturated rings. The molecule has 5 nitrogen and oxygen atoms in total. The Morgan fingerprint density at radius 2 is 1.89 bits per heavy atom. The van der Waals surface area contributed by atoms with Gasteiger partial charge in [-0.2, -0.15) is 0 Å². The van der Waals surface area contributed by atoms with Crippen molar-refractivity contribution in [2.45, 2.75) is 26.7 Å². The molecule has 0 unspecified atom stereocenters. The van der Waals surface area contributed by atoms with Crippen molar-refractivity contribution in [2.24, 2.45) is 0 Å². The highest BCUT2D eigenvalue weighted by Crippen LogP contribution is 2.32. The first-order chi connectivity index (χ1) is 13.1. The molecule has 0 atom stereocenters. The Hall–Kier alpha value is -2.95. The molecule has 0 aliphatic rings. The summed E-state index contributed by atoms with van der Waals surface area (Å²) in [7, 11) is 1.42. The average Bonchev–Trinajstić information content (AvgIpc) is 2.70. The maximum absolute atomic E-state index is 12.0. The summed E-state index contributed by atoms with van der Waals surface area (Å²) in [6, 6.07) is 12.2. The molecule has 0 saturated carbocycles. The molecule has 0 saturated heterocycles. The lowest BCUT2D eigenvalue weighted by atomic mass is 10.0. The maximum atomic E-state index is 12.0.